The molecule has 0 bridgehead atoms. The first-order valence-corrected chi connectivity index (χ1v) is 6.62. The summed E-state index contributed by atoms with van der Waals surface area (Å²) in [6.45, 7) is -0.403. The van der Waals surface area contributed by atoms with Crippen molar-refractivity contribution in [2.45, 2.75) is 5.41 Å². The lowest BCUT2D eigenvalue weighted by Crippen LogP contribution is -2.36. The Kier molecular flexibility index (Phi) is 4.48. The van der Waals surface area contributed by atoms with Crippen molar-refractivity contribution in [3.63, 3.8) is 0 Å². The van der Waals surface area contributed by atoms with Crippen LogP contribution >= 0.6 is 23.2 Å². The smallest absolute Gasteiger partial charge is 0.0664 e. The van der Waals surface area contributed by atoms with Crippen LogP contribution in [0.15, 0.2) is 48.5 Å². The number of rotatable bonds is 4. The van der Waals surface area contributed by atoms with Crippen LogP contribution < -0.4 is 0 Å². The summed E-state index contributed by atoms with van der Waals surface area (Å²) in [6, 6.07) is 14.2. The van der Waals surface area contributed by atoms with Crippen molar-refractivity contribution in [2.24, 2.45) is 0 Å². The number of benzene rings is 2. The van der Waals surface area contributed by atoms with Crippen LogP contribution in [0.4, 0.5) is 0 Å². The summed E-state index contributed by atoms with van der Waals surface area (Å²) in [6.07, 6.45) is 0. The molecule has 2 rings (SSSR count). The van der Waals surface area contributed by atoms with E-state index in [2.05, 4.69) is 0 Å². The maximum atomic E-state index is 9.80. The van der Waals surface area contributed by atoms with Gasteiger partial charge in [0.2, 0.25) is 0 Å². The Morgan fingerprint density at radius 3 is 1.26 bits per heavy atom. The quantitative estimate of drug-likeness (QED) is 0.909. The van der Waals surface area contributed by atoms with Gasteiger partial charge in [-0.25, -0.2) is 0 Å². The Hall–Kier alpha value is -1.06. The summed E-state index contributed by atoms with van der Waals surface area (Å²) in [5.41, 5.74) is 0.767. The second-order valence-electron chi connectivity index (χ2n) is 4.41. The van der Waals surface area contributed by atoms with Crippen molar-refractivity contribution in [3.8, 4) is 0 Å². The summed E-state index contributed by atoms with van der Waals surface area (Å²) in [7, 11) is 0. The fourth-order valence-electron chi connectivity index (χ4n) is 2.12. The van der Waals surface area contributed by atoms with Crippen LogP contribution in [0.3, 0.4) is 0 Å². The van der Waals surface area contributed by atoms with Crippen LogP contribution in [0.2, 0.25) is 10.0 Å². The van der Waals surface area contributed by atoms with Gasteiger partial charge in [0.15, 0.2) is 0 Å². The number of halogens is 2. The highest BCUT2D eigenvalue weighted by Crippen LogP contribution is 2.33. The van der Waals surface area contributed by atoms with Crippen LogP contribution in [-0.4, -0.2) is 23.4 Å². The molecule has 0 atom stereocenters. The van der Waals surface area contributed by atoms with Crippen molar-refractivity contribution >= 4 is 23.2 Å². The average Bonchev–Trinajstić information content (AvgIpc) is 2.44. The SMILES string of the molecule is OCC(CO)(c1ccc(Cl)cc1)c1ccc(Cl)cc1. The van der Waals surface area contributed by atoms with Crippen LogP contribution in [0.5, 0.6) is 0 Å². The van der Waals surface area contributed by atoms with Gasteiger partial charge in [0.25, 0.3) is 0 Å². The average molecular weight is 297 g/mol. The Labute approximate surface area is 122 Å². The van der Waals surface area contributed by atoms with Gasteiger partial charge < -0.3 is 10.2 Å². The largest absolute Gasteiger partial charge is 0.395 e. The van der Waals surface area contributed by atoms with Crippen LogP contribution in [0.25, 0.3) is 0 Å². The molecule has 2 aromatic carbocycles. The molecule has 0 aliphatic rings. The van der Waals surface area contributed by atoms with E-state index in [0.717, 1.165) is 11.1 Å². The zero-order valence-electron chi connectivity index (χ0n) is 10.2. The first-order chi connectivity index (χ1) is 9.12. The second-order valence-corrected chi connectivity index (χ2v) is 5.28. The summed E-state index contributed by atoms with van der Waals surface area (Å²) in [5.74, 6) is 0. The van der Waals surface area contributed by atoms with E-state index in [1.807, 2.05) is 24.3 Å². The zero-order valence-corrected chi connectivity index (χ0v) is 11.7. The van der Waals surface area contributed by atoms with E-state index >= 15 is 0 Å². The van der Waals surface area contributed by atoms with E-state index in [1.54, 1.807) is 24.3 Å². The van der Waals surface area contributed by atoms with Crippen LogP contribution in [0, 0.1) is 0 Å². The summed E-state index contributed by atoms with van der Waals surface area (Å²) in [4.78, 5) is 0. The normalized spacial score (nSPS) is 11.6. The van der Waals surface area contributed by atoms with Gasteiger partial charge in [0, 0.05) is 10.0 Å². The molecular weight excluding hydrogens is 283 g/mol. The van der Waals surface area contributed by atoms with E-state index in [9.17, 15) is 10.2 Å². The van der Waals surface area contributed by atoms with E-state index in [1.165, 1.54) is 0 Å². The molecule has 2 aromatic rings. The number of hydrogen-bond donors (Lipinski definition) is 2. The summed E-state index contributed by atoms with van der Waals surface area (Å²) >= 11 is 11.7. The van der Waals surface area contributed by atoms with Gasteiger partial charge in [-0.1, -0.05) is 47.5 Å². The maximum Gasteiger partial charge on any atom is 0.0664 e. The highest BCUT2D eigenvalue weighted by molar-refractivity contribution is 6.30. The topological polar surface area (TPSA) is 40.5 Å². The molecule has 0 heterocycles. The maximum absolute atomic E-state index is 9.80. The van der Waals surface area contributed by atoms with Gasteiger partial charge in [-0.3, -0.25) is 0 Å². The molecule has 0 saturated heterocycles. The predicted molar refractivity (Wildman–Crippen MR) is 77.9 cm³/mol. The Balaban J connectivity index is 2.53. The first-order valence-electron chi connectivity index (χ1n) is 5.86. The van der Waals surface area contributed by atoms with Gasteiger partial charge in [-0.15, -0.1) is 0 Å². The summed E-state index contributed by atoms with van der Waals surface area (Å²) < 4.78 is 0. The lowest BCUT2D eigenvalue weighted by Gasteiger charge is -2.31. The van der Waals surface area contributed by atoms with E-state index in [4.69, 9.17) is 23.2 Å². The molecule has 0 spiro atoms. The third kappa shape index (κ3) is 2.77. The van der Waals surface area contributed by atoms with Crippen LogP contribution in [0.1, 0.15) is 11.1 Å². The zero-order chi connectivity index (χ0) is 13.9. The van der Waals surface area contributed by atoms with Crippen molar-refractivity contribution in [2.75, 3.05) is 13.2 Å². The van der Waals surface area contributed by atoms with Gasteiger partial charge in [-0.2, -0.15) is 0 Å². The lowest BCUT2D eigenvalue weighted by atomic mass is 9.76. The standard InChI is InChI=1S/C15H14Cl2O2/c16-13-5-1-11(2-6-13)15(9-18,10-19)12-3-7-14(17)8-4-12/h1-8,18-19H,9-10H2. The number of aliphatic hydroxyl groups is 2. The van der Waals surface area contributed by atoms with Gasteiger partial charge in [0.1, 0.15) is 0 Å². The molecule has 0 saturated carbocycles. The predicted octanol–water partition coefficient (Wildman–Crippen LogP) is 3.26. The number of hydrogen-bond acceptors (Lipinski definition) is 2. The molecule has 100 valence electrons. The molecular formula is C15H14Cl2O2. The number of aliphatic hydroxyl groups excluding tert-OH is 2. The van der Waals surface area contributed by atoms with E-state index in [0.29, 0.717) is 10.0 Å². The van der Waals surface area contributed by atoms with Crippen molar-refractivity contribution < 1.29 is 10.2 Å². The van der Waals surface area contributed by atoms with Gasteiger partial charge in [0.05, 0.1) is 18.6 Å². The molecule has 0 aliphatic carbocycles. The minimum atomic E-state index is -0.852. The molecule has 2 N–H and O–H groups in total. The molecule has 0 aliphatic heterocycles. The minimum absolute atomic E-state index is 0.202. The van der Waals surface area contributed by atoms with Crippen molar-refractivity contribution in [3.05, 3.63) is 69.7 Å². The highest BCUT2D eigenvalue weighted by atomic mass is 35.5. The monoisotopic (exact) mass is 296 g/mol. The van der Waals surface area contributed by atoms with Crippen molar-refractivity contribution in [1.82, 2.24) is 0 Å². The molecule has 0 amide bonds. The second kappa shape index (κ2) is 5.93. The molecule has 4 heteroatoms. The molecule has 0 radical (unpaired) electrons. The lowest BCUT2D eigenvalue weighted by molar-refractivity contribution is 0.143. The third-order valence-corrected chi connectivity index (χ3v) is 3.84. The molecule has 0 aromatic heterocycles. The van der Waals surface area contributed by atoms with E-state index in [-0.39, 0.29) is 13.2 Å². The Morgan fingerprint density at radius 1 is 0.684 bits per heavy atom. The van der Waals surface area contributed by atoms with Crippen LogP contribution in [-0.2, 0) is 5.41 Å². The molecule has 0 unspecified atom stereocenters. The first kappa shape index (κ1) is 14.4. The minimum Gasteiger partial charge on any atom is -0.395 e. The highest BCUT2D eigenvalue weighted by Gasteiger charge is 2.33. The van der Waals surface area contributed by atoms with Gasteiger partial charge in [-0.05, 0) is 35.4 Å². The molecule has 0 fully saturated rings. The Morgan fingerprint density at radius 2 is 1.00 bits per heavy atom. The summed E-state index contributed by atoms with van der Waals surface area (Å²) in [5, 5.41) is 20.8. The molecule has 2 nitrogen and oxygen atoms in total. The fourth-order valence-corrected chi connectivity index (χ4v) is 2.37. The fraction of sp³-hybridized carbons (Fsp3) is 0.200. The third-order valence-electron chi connectivity index (χ3n) is 3.33. The molecule has 19 heavy (non-hydrogen) atoms. The van der Waals surface area contributed by atoms with Crippen molar-refractivity contribution in [1.29, 1.82) is 0 Å². The van der Waals surface area contributed by atoms with Gasteiger partial charge >= 0.3 is 0 Å². The Bertz CT molecular complexity index is 484. The van der Waals surface area contributed by atoms with E-state index < -0.39 is 5.41 Å².